The van der Waals surface area contributed by atoms with Gasteiger partial charge in [0.25, 0.3) is 0 Å². The summed E-state index contributed by atoms with van der Waals surface area (Å²) in [6.45, 7) is 18.0. The van der Waals surface area contributed by atoms with E-state index in [1.807, 2.05) is 33.5 Å². The Morgan fingerprint density at radius 3 is 2.35 bits per heavy atom. The summed E-state index contributed by atoms with van der Waals surface area (Å²) < 4.78 is 32.3. The van der Waals surface area contributed by atoms with Crippen molar-refractivity contribution in [1.82, 2.24) is 19.9 Å². The maximum Gasteiger partial charge on any atom is 0.408 e. The molecule has 5 atom stereocenters. The molecule has 2 aromatic heterocycles. The number of aromatic nitrogens is 3. The number of nitrogens with zero attached hydrogens (tertiary/aromatic N) is 4. The Bertz CT molecular complexity index is 1700. The summed E-state index contributed by atoms with van der Waals surface area (Å²) in [7, 11) is -2.58. The van der Waals surface area contributed by atoms with E-state index in [0.29, 0.717) is 18.4 Å². The molecule has 304 valence electrons. The summed E-state index contributed by atoms with van der Waals surface area (Å²) in [6.07, 6.45) is 3.52. The molecule has 0 radical (unpaired) electrons. The van der Waals surface area contributed by atoms with Gasteiger partial charge < -0.3 is 34.0 Å². The summed E-state index contributed by atoms with van der Waals surface area (Å²) in [5.41, 5.74) is -2.13. The van der Waals surface area contributed by atoms with Crippen LogP contribution < -0.4 is 10.6 Å². The monoisotopic (exact) mass is 784 g/mol. The van der Waals surface area contributed by atoms with E-state index in [-0.39, 0.29) is 42.3 Å². The number of alkyl carbamates (subject to hydrolysis) is 1. The second-order valence-electron chi connectivity index (χ2n) is 16.9. The number of fused-ring (bicyclic) bond motifs is 1. The van der Waals surface area contributed by atoms with E-state index in [0.717, 1.165) is 32.1 Å². The fraction of sp³-hybridized carbons (Fsp3) is 0.718. The first-order valence-corrected chi connectivity index (χ1v) is 23.0. The minimum atomic E-state index is -2.58. The highest BCUT2D eigenvalue weighted by molar-refractivity contribution is 6.69. The summed E-state index contributed by atoms with van der Waals surface area (Å²) in [5, 5.41) is 21.1. The largest absolute Gasteiger partial charge is 0.463 e. The Morgan fingerprint density at radius 1 is 1.09 bits per heavy atom. The number of rotatable bonds is 15. The topological polar surface area (TPSA) is 192 Å². The summed E-state index contributed by atoms with van der Waals surface area (Å²) in [6, 6.07) is 4.49. The van der Waals surface area contributed by atoms with Crippen LogP contribution in [0.1, 0.15) is 106 Å². The van der Waals surface area contributed by atoms with Crippen LogP contribution in [0, 0.1) is 29.1 Å². The fourth-order valence-electron chi connectivity index (χ4n) is 7.14. The quantitative estimate of drug-likeness (QED) is 0.115. The average Bonchev–Trinajstić information content (AvgIpc) is 3.66. The summed E-state index contributed by atoms with van der Waals surface area (Å²) in [5.74, 6) is -1.59. The van der Waals surface area contributed by atoms with Crippen LogP contribution in [0.15, 0.2) is 18.5 Å². The van der Waals surface area contributed by atoms with Crippen molar-refractivity contribution in [2.24, 2.45) is 17.8 Å². The average molecular weight is 785 g/mol. The molecule has 55 heavy (non-hydrogen) atoms. The van der Waals surface area contributed by atoms with Crippen molar-refractivity contribution in [3.63, 3.8) is 0 Å². The van der Waals surface area contributed by atoms with Gasteiger partial charge in [0.15, 0.2) is 20.2 Å². The molecule has 0 aromatic carbocycles. The number of carbonyl (C=O) groups is 4. The molecule has 2 aromatic rings. The molecule has 16 heteroatoms. The van der Waals surface area contributed by atoms with Crippen LogP contribution in [0.2, 0.25) is 19.6 Å². The standard InChI is InChI=1S/C39H60N6O9Si/c1-11-26(12-2)35(47)44-34-27-18-19-29(45(27)42-23-41-34)39(22-40)33(54-55(8,9)10)32(28(52-39)21-50-30(46)20-25-16-14-13-15-17-25)51-36(48)31(24(3)4)43-37(49)53-38(5,6)7/h18-19,23-26,28,31-33H,11-17,20-21H2,1-10H3,(H,43,49)(H,41,42,44,47)/t28-,31+,32-,33-,39+/m1/s1. The van der Waals surface area contributed by atoms with Crippen molar-refractivity contribution >= 4 is 43.6 Å². The zero-order valence-electron chi connectivity index (χ0n) is 34.1. The maximum absolute atomic E-state index is 14.1. The third kappa shape index (κ3) is 11.0. The van der Waals surface area contributed by atoms with Crippen molar-refractivity contribution < 1.29 is 42.6 Å². The van der Waals surface area contributed by atoms with Crippen LogP contribution in [0.4, 0.5) is 10.6 Å². The number of nitriles is 1. The third-order valence-corrected chi connectivity index (χ3v) is 10.9. The van der Waals surface area contributed by atoms with Gasteiger partial charge in [0, 0.05) is 12.3 Å². The van der Waals surface area contributed by atoms with Crippen molar-refractivity contribution in [3.05, 3.63) is 24.2 Å². The van der Waals surface area contributed by atoms with Gasteiger partial charge in [-0.05, 0) is 90.1 Å². The summed E-state index contributed by atoms with van der Waals surface area (Å²) in [4.78, 5) is 57.6. The lowest BCUT2D eigenvalue weighted by Gasteiger charge is -2.34. The van der Waals surface area contributed by atoms with Crippen molar-refractivity contribution in [1.29, 1.82) is 5.26 Å². The molecule has 0 spiro atoms. The first kappa shape index (κ1) is 43.7. The summed E-state index contributed by atoms with van der Waals surface area (Å²) >= 11 is 0. The van der Waals surface area contributed by atoms with Gasteiger partial charge in [0.1, 0.15) is 48.4 Å². The van der Waals surface area contributed by atoms with Gasteiger partial charge in [-0.25, -0.2) is 19.1 Å². The van der Waals surface area contributed by atoms with Gasteiger partial charge in [-0.3, -0.25) is 9.59 Å². The lowest BCUT2D eigenvalue weighted by Crippen LogP contribution is -2.53. The van der Waals surface area contributed by atoms with Crippen LogP contribution >= 0.6 is 0 Å². The van der Waals surface area contributed by atoms with Crippen molar-refractivity contribution in [3.8, 4) is 6.07 Å². The Labute approximate surface area is 325 Å². The number of esters is 2. The zero-order chi connectivity index (χ0) is 40.7. The molecule has 1 aliphatic heterocycles. The number of ether oxygens (including phenoxy) is 4. The van der Waals surface area contributed by atoms with E-state index in [2.05, 4.69) is 26.8 Å². The van der Waals surface area contributed by atoms with E-state index < -0.39 is 67.8 Å². The Morgan fingerprint density at radius 2 is 1.76 bits per heavy atom. The van der Waals surface area contributed by atoms with E-state index in [1.165, 1.54) is 10.8 Å². The number of hydrogen-bond acceptors (Lipinski definition) is 12. The lowest BCUT2D eigenvalue weighted by molar-refractivity contribution is -0.163. The molecule has 0 bridgehead atoms. The first-order valence-electron chi connectivity index (χ1n) is 19.6. The predicted molar refractivity (Wildman–Crippen MR) is 206 cm³/mol. The highest BCUT2D eigenvalue weighted by atomic mass is 28.4. The lowest BCUT2D eigenvalue weighted by atomic mass is 9.87. The number of carbonyl (C=O) groups excluding carboxylic acids is 4. The molecule has 15 nitrogen and oxygen atoms in total. The number of hydrogen-bond donors (Lipinski definition) is 2. The molecule has 1 saturated heterocycles. The molecule has 2 N–H and O–H groups in total. The Kier molecular flexibility index (Phi) is 14.5. The molecule has 2 amide bonds. The zero-order valence-corrected chi connectivity index (χ0v) is 35.1. The molecular formula is C39H60N6O9Si. The van der Waals surface area contributed by atoms with Gasteiger partial charge in [-0.2, -0.15) is 10.4 Å². The number of amides is 2. The van der Waals surface area contributed by atoms with Gasteiger partial charge in [-0.15, -0.1) is 0 Å². The molecule has 4 rings (SSSR count). The highest BCUT2D eigenvalue weighted by Crippen LogP contribution is 2.45. The van der Waals surface area contributed by atoms with E-state index in [4.69, 9.17) is 23.4 Å². The van der Waals surface area contributed by atoms with Crippen molar-refractivity contribution in [2.75, 3.05) is 11.9 Å². The molecule has 1 saturated carbocycles. The first-order chi connectivity index (χ1) is 25.8. The molecule has 3 heterocycles. The van der Waals surface area contributed by atoms with Crippen LogP contribution in [-0.2, 0) is 43.4 Å². The normalized spacial score (nSPS) is 22.6. The van der Waals surface area contributed by atoms with Gasteiger partial charge in [-0.1, -0.05) is 47.0 Å². The molecule has 2 aliphatic rings. The SMILES string of the molecule is CCC(CC)C(=O)Nc1ncnn2c([C@]3(C#N)O[C@H](COC(=O)CC4CCCCC4)[C@@H](OC(=O)[C@@H](NC(=O)OC(C)(C)C)C(C)C)[C@H]3O[Si](C)(C)C)ccc12. The molecule has 1 aliphatic carbocycles. The smallest absolute Gasteiger partial charge is 0.408 e. The second-order valence-corrected chi connectivity index (χ2v) is 21.4. The van der Waals surface area contributed by atoms with Crippen molar-refractivity contribution in [2.45, 2.75) is 155 Å². The van der Waals surface area contributed by atoms with Gasteiger partial charge in [0.05, 0.1) is 5.69 Å². The maximum atomic E-state index is 14.1. The molecule has 2 fully saturated rings. The van der Waals surface area contributed by atoms with Crippen LogP contribution in [0.3, 0.4) is 0 Å². The predicted octanol–water partition coefficient (Wildman–Crippen LogP) is 6.42. The number of anilines is 1. The minimum Gasteiger partial charge on any atom is -0.463 e. The second kappa shape index (κ2) is 18.2. The third-order valence-electron chi connectivity index (χ3n) is 9.91. The molecular weight excluding hydrogens is 725 g/mol. The Balaban J connectivity index is 1.77. The fourth-order valence-corrected chi connectivity index (χ4v) is 8.20. The van der Waals surface area contributed by atoms with Crippen LogP contribution in [0.25, 0.3) is 5.52 Å². The van der Waals surface area contributed by atoms with E-state index >= 15 is 0 Å². The minimum absolute atomic E-state index is 0.192. The van der Waals surface area contributed by atoms with E-state index in [1.54, 1.807) is 46.8 Å². The Hall–Kier alpha value is -4.07. The molecule has 0 unspecified atom stereocenters. The van der Waals surface area contributed by atoms with Crippen LogP contribution in [0.5, 0.6) is 0 Å². The van der Waals surface area contributed by atoms with E-state index in [9.17, 15) is 24.4 Å². The van der Waals surface area contributed by atoms with Crippen LogP contribution in [-0.4, -0.2) is 83.4 Å². The highest BCUT2D eigenvalue weighted by Gasteiger charge is 2.62. The van der Waals surface area contributed by atoms with Gasteiger partial charge >= 0.3 is 18.0 Å². The number of nitrogens with one attached hydrogen (secondary N) is 2. The van der Waals surface area contributed by atoms with Gasteiger partial charge in [0.2, 0.25) is 11.5 Å².